The van der Waals surface area contributed by atoms with Crippen LogP contribution in [-0.2, 0) is 0 Å². The minimum absolute atomic E-state index is 0.208. The average Bonchev–Trinajstić information content (AvgIpc) is 2.56. The molecule has 2 heterocycles. The fourth-order valence-electron chi connectivity index (χ4n) is 2.65. The van der Waals surface area contributed by atoms with Crippen molar-refractivity contribution in [3.05, 3.63) is 65.0 Å². The Labute approximate surface area is 122 Å². The number of anilines is 2. The Morgan fingerprint density at radius 3 is 2.43 bits per heavy atom. The number of aromatic nitrogens is 1. The van der Waals surface area contributed by atoms with Gasteiger partial charge >= 0.3 is 6.17 Å². The number of nitrogens with zero attached hydrogens (tertiary/aromatic N) is 4. The zero-order valence-corrected chi connectivity index (χ0v) is 11.5. The molecule has 0 N–H and O–H groups in total. The summed E-state index contributed by atoms with van der Waals surface area (Å²) in [6.07, 6.45) is 2.68. The lowest BCUT2D eigenvalue weighted by atomic mass is 10.2. The van der Waals surface area contributed by atoms with Gasteiger partial charge in [-0.05, 0) is 24.3 Å². The van der Waals surface area contributed by atoms with Crippen molar-refractivity contribution in [2.24, 2.45) is 0 Å². The van der Waals surface area contributed by atoms with Crippen LogP contribution in [-0.4, -0.2) is 35.7 Å². The Kier molecular flexibility index (Phi) is 3.68. The third-order valence-corrected chi connectivity index (χ3v) is 3.71. The van der Waals surface area contributed by atoms with E-state index in [1.54, 1.807) is 12.4 Å². The van der Waals surface area contributed by atoms with E-state index in [2.05, 4.69) is 4.98 Å². The summed E-state index contributed by atoms with van der Waals surface area (Å²) >= 11 is 0. The lowest BCUT2D eigenvalue weighted by Crippen LogP contribution is -2.56. The lowest BCUT2D eigenvalue weighted by Gasteiger charge is -2.38. The molecule has 1 aromatic carbocycles. The number of piperazine rings is 1. The Hall–Kier alpha value is -2.63. The summed E-state index contributed by atoms with van der Waals surface area (Å²) in [6, 6.07) is 13.3. The Bertz CT molecular complexity index is 606. The molecule has 3 rings (SSSR count). The summed E-state index contributed by atoms with van der Waals surface area (Å²) in [7, 11) is 0. The van der Waals surface area contributed by atoms with Crippen molar-refractivity contribution in [2.45, 2.75) is 6.17 Å². The van der Waals surface area contributed by atoms with Crippen molar-refractivity contribution in [3.8, 4) is 0 Å². The maximum absolute atomic E-state index is 11.4. The van der Waals surface area contributed by atoms with Gasteiger partial charge < -0.3 is 9.80 Å². The van der Waals surface area contributed by atoms with Crippen LogP contribution >= 0.6 is 0 Å². The molecule has 0 radical (unpaired) electrons. The summed E-state index contributed by atoms with van der Waals surface area (Å²) in [6.45, 7) is 1.74. The van der Waals surface area contributed by atoms with Crippen molar-refractivity contribution in [2.75, 3.05) is 29.4 Å². The normalized spacial score (nSPS) is 18.6. The van der Waals surface area contributed by atoms with Crippen molar-refractivity contribution >= 4 is 11.4 Å². The molecule has 0 saturated carbocycles. The summed E-state index contributed by atoms with van der Waals surface area (Å²) in [4.78, 5) is 19.1. The average molecular weight is 284 g/mol. The second-order valence-electron chi connectivity index (χ2n) is 4.95. The summed E-state index contributed by atoms with van der Waals surface area (Å²) in [5.74, 6) is 0. The molecule has 0 aliphatic carbocycles. The zero-order valence-electron chi connectivity index (χ0n) is 11.5. The molecule has 6 heteroatoms. The number of rotatable bonds is 3. The number of benzene rings is 1. The van der Waals surface area contributed by atoms with E-state index in [9.17, 15) is 10.1 Å². The minimum Gasteiger partial charge on any atom is -0.361 e. The number of nitro groups is 1. The van der Waals surface area contributed by atoms with Gasteiger partial charge in [0.25, 0.3) is 0 Å². The lowest BCUT2D eigenvalue weighted by molar-refractivity contribution is -0.519. The smallest absolute Gasteiger partial charge is 0.304 e. The van der Waals surface area contributed by atoms with E-state index in [0.717, 1.165) is 17.9 Å². The summed E-state index contributed by atoms with van der Waals surface area (Å²) in [5.41, 5.74) is 1.87. The molecule has 2 aromatic rings. The molecular weight excluding hydrogens is 268 g/mol. The highest BCUT2D eigenvalue weighted by molar-refractivity contribution is 5.51. The van der Waals surface area contributed by atoms with Gasteiger partial charge in [-0.25, -0.2) is 0 Å². The van der Waals surface area contributed by atoms with Crippen molar-refractivity contribution in [3.63, 3.8) is 0 Å². The van der Waals surface area contributed by atoms with E-state index in [-0.39, 0.29) is 4.92 Å². The summed E-state index contributed by atoms with van der Waals surface area (Å²) in [5, 5.41) is 11.4. The maximum atomic E-state index is 11.4. The van der Waals surface area contributed by atoms with Gasteiger partial charge in [0.1, 0.15) is 6.54 Å². The predicted octanol–water partition coefficient (Wildman–Crippen LogP) is 2.01. The maximum Gasteiger partial charge on any atom is 0.304 e. The predicted molar refractivity (Wildman–Crippen MR) is 81.0 cm³/mol. The quantitative estimate of drug-likeness (QED) is 0.637. The number of hydrogen-bond donors (Lipinski definition) is 0. The largest absolute Gasteiger partial charge is 0.361 e. The first-order valence-electron chi connectivity index (χ1n) is 6.86. The highest BCUT2D eigenvalue weighted by Crippen LogP contribution is 2.23. The third kappa shape index (κ3) is 2.79. The molecule has 1 aromatic heterocycles. The second-order valence-corrected chi connectivity index (χ2v) is 4.95. The topological polar surface area (TPSA) is 62.5 Å². The fourth-order valence-corrected chi connectivity index (χ4v) is 2.65. The van der Waals surface area contributed by atoms with Gasteiger partial charge in [0.15, 0.2) is 0 Å². The molecule has 1 aliphatic rings. The zero-order chi connectivity index (χ0) is 14.7. The van der Waals surface area contributed by atoms with E-state index in [0.29, 0.717) is 13.1 Å². The number of pyridine rings is 1. The van der Waals surface area contributed by atoms with Crippen LogP contribution in [0.15, 0.2) is 54.9 Å². The van der Waals surface area contributed by atoms with E-state index in [1.165, 1.54) is 0 Å². The second kappa shape index (κ2) is 5.78. The molecule has 0 bridgehead atoms. The van der Waals surface area contributed by atoms with Crippen LogP contribution in [0.25, 0.3) is 0 Å². The van der Waals surface area contributed by atoms with Crippen LogP contribution < -0.4 is 9.80 Å². The molecule has 1 atom stereocenters. The molecule has 0 spiro atoms. The molecule has 1 aliphatic heterocycles. The Morgan fingerprint density at radius 2 is 1.76 bits per heavy atom. The molecular formula is C15H16N4O2. The van der Waals surface area contributed by atoms with E-state index in [1.807, 2.05) is 52.3 Å². The van der Waals surface area contributed by atoms with Crippen LogP contribution in [0, 0.1) is 10.1 Å². The molecule has 1 unspecified atom stereocenters. The Morgan fingerprint density at radius 1 is 1.05 bits per heavy atom. The first-order chi connectivity index (χ1) is 10.3. The van der Waals surface area contributed by atoms with Gasteiger partial charge in [-0.1, -0.05) is 18.2 Å². The van der Waals surface area contributed by atoms with Crippen LogP contribution in [0.1, 0.15) is 0 Å². The minimum atomic E-state index is -0.741. The fraction of sp³-hybridized carbons (Fsp3) is 0.267. The van der Waals surface area contributed by atoms with Crippen LogP contribution in [0.2, 0.25) is 0 Å². The number of para-hydroxylation sites is 1. The molecule has 1 fully saturated rings. The number of hydrogen-bond acceptors (Lipinski definition) is 5. The standard InChI is InChI=1S/C15H16N4O2/c20-19(21)15-12-17(13-6-8-16-9-7-13)10-11-18(15)14-4-2-1-3-5-14/h1-9,15H,10-12H2. The first-order valence-corrected chi connectivity index (χ1v) is 6.86. The van der Waals surface area contributed by atoms with E-state index >= 15 is 0 Å². The Balaban J connectivity index is 1.83. The van der Waals surface area contributed by atoms with Gasteiger partial charge in [0, 0.05) is 41.8 Å². The van der Waals surface area contributed by atoms with Gasteiger partial charge in [0.05, 0.1) is 0 Å². The van der Waals surface area contributed by atoms with Gasteiger partial charge in [-0.3, -0.25) is 15.1 Å². The highest BCUT2D eigenvalue weighted by atomic mass is 16.6. The van der Waals surface area contributed by atoms with Crippen LogP contribution in [0.5, 0.6) is 0 Å². The van der Waals surface area contributed by atoms with E-state index in [4.69, 9.17) is 0 Å². The van der Waals surface area contributed by atoms with Crippen molar-refractivity contribution < 1.29 is 4.92 Å². The third-order valence-electron chi connectivity index (χ3n) is 3.71. The molecule has 21 heavy (non-hydrogen) atoms. The van der Waals surface area contributed by atoms with Gasteiger partial charge in [-0.2, -0.15) is 0 Å². The van der Waals surface area contributed by atoms with E-state index < -0.39 is 6.17 Å². The monoisotopic (exact) mass is 284 g/mol. The highest BCUT2D eigenvalue weighted by Gasteiger charge is 2.35. The molecule has 1 saturated heterocycles. The van der Waals surface area contributed by atoms with Crippen molar-refractivity contribution in [1.82, 2.24) is 4.98 Å². The van der Waals surface area contributed by atoms with Crippen LogP contribution in [0.3, 0.4) is 0 Å². The summed E-state index contributed by atoms with van der Waals surface area (Å²) < 4.78 is 0. The molecule has 108 valence electrons. The van der Waals surface area contributed by atoms with Gasteiger partial charge in [0.2, 0.25) is 0 Å². The SMILES string of the molecule is O=[N+]([O-])C1CN(c2ccncc2)CCN1c1ccccc1. The molecule has 0 amide bonds. The molecule has 6 nitrogen and oxygen atoms in total. The van der Waals surface area contributed by atoms with Crippen LogP contribution in [0.4, 0.5) is 11.4 Å². The first kappa shape index (κ1) is 13.4. The van der Waals surface area contributed by atoms with Gasteiger partial charge in [-0.15, -0.1) is 0 Å². The van der Waals surface area contributed by atoms with Crippen molar-refractivity contribution in [1.29, 1.82) is 0 Å².